The minimum Gasteiger partial charge on any atom is -0.334 e. The molecule has 2 atom stereocenters. The summed E-state index contributed by atoms with van der Waals surface area (Å²) < 4.78 is 0. The molecule has 3 nitrogen and oxygen atoms in total. The van der Waals surface area contributed by atoms with Gasteiger partial charge >= 0.3 is 0 Å². The van der Waals surface area contributed by atoms with E-state index >= 15 is 0 Å². The van der Waals surface area contributed by atoms with Crippen molar-refractivity contribution < 1.29 is 0 Å². The van der Waals surface area contributed by atoms with Gasteiger partial charge in [-0.1, -0.05) is 230 Å². The van der Waals surface area contributed by atoms with Gasteiger partial charge in [-0.15, -0.1) is 0 Å². The molecule has 3 aliphatic heterocycles. The van der Waals surface area contributed by atoms with E-state index in [4.69, 9.17) is 0 Å². The minimum atomic E-state index is -0.272. The van der Waals surface area contributed by atoms with Crippen molar-refractivity contribution in [1.82, 2.24) is 0 Å². The highest BCUT2D eigenvalue weighted by Crippen LogP contribution is 2.63. The van der Waals surface area contributed by atoms with Gasteiger partial charge in [-0.05, 0) is 187 Å². The van der Waals surface area contributed by atoms with E-state index in [1.165, 1.54) is 160 Å². The average molecular weight is 1120 g/mol. The van der Waals surface area contributed by atoms with Crippen LogP contribution in [0.1, 0.15) is 186 Å². The molecular weight excluding hydrogens is 1040 g/mol. The maximum atomic E-state index is 2.85. The van der Waals surface area contributed by atoms with E-state index in [1.807, 2.05) is 0 Å². The largest absolute Gasteiger partial charge is 0.334 e. The molecule has 15 rings (SSSR count). The third-order valence-corrected chi connectivity index (χ3v) is 22.7. The summed E-state index contributed by atoms with van der Waals surface area (Å²) in [6, 6.07) is 72.5. The van der Waals surface area contributed by atoms with Gasteiger partial charge in [0.2, 0.25) is 0 Å². The van der Waals surface area contributed by atoms with Gasteiger partial charge < -0.3 is 14.7 Å². The van der Waals surface area contributed by atoms with Crippen LogP contribution in [0, 0.1) is 0 Å². The van der Waals surface area contributed by atoms with Gasteiger partial charge in [0.15, 0.2) is 0 Å². The van der Waals surface area contributed by atoms with Crippen molar-refractivity contribution in [3.05, 3.63) is 232 Å². The quantitative estimate of drug-likeness (QED) is 0.159. The predicted octanol–water partition coefficient (Wildman–Crippen LogP) is 20.0. The molecule has 2 unspecified atom stereocenters. The van der Waals surface area contributed by atoms with Crippen LogP contribution in [0.4, 0.5) is 45.5 Å². The molecule has 3 aliphatic carbocycles. The molecule has 0 amide bonds. The first-order valence-electron chi connectivity index (χ1n) is 32.5. The number of hydrogen-bond acceptors (Lipinski definition) is 3. The summed E-state index contributed by atoms with van der Waals surface area (Å²) in [4.78, 5) is 8.41. The Kier molecular flexibility index (Phi) is 12.0. The maximum Gasteiger partial charge on any atom is 0.252 e. The molecule has 0 saturated heterocycles. The number of fused-ring (bicyclic) bond motifs is 10. The number of para-hydroxylation sites is 1. The zero-order chi connectivity index (χ0) is 59.8. The number of benzene rings is 9. The Hall–Kier alpha value is -7.56. The SMILES string of the molecule is CC(C)(C)c1ccc(N2c3cc4c(cc3B3c5cc6c(cc5N(c5ccc(C(C)(C)C)cc5-c5ccccc5)c5cc(N7c8ccccc8C8(C)CCCCC78C)cc2c53)C(C)(C)c2ccccc2C6(C)C)CCCC4(C)C)c(-c2ccccc2)c1. The van der Waals surface area contributed by atoms with Crippen molar-refractivity contribution in [3.63, 3.8) is 0 Å². The summed E-state index contributed by atoms with van der Waals surface area (Å²) >= 11 is 0. The van der Waals surface area contributed by atoms with E-state index in [0.717, 1.165) is 19.3 Å². The standard InChI is InChI=1S/C82H86BN3/c1-76(2,3)55-37-39-68(58(45-55)52-28-17-15-18-29-52)84-71-50-63-54(32-27-41-78(63,7)8)44-66(71)83-67-49-64-65(80(11,12)61-34-22-21-33-60(61)79(64,9)10)51-72(67)85(69-40-38-56(77(4,5)6)46-59(69)53-30-19-16-20-31-53)74-48-57(47-73(84)75(74)83)86-70-36-24-23-35-62(70)81(13)42-25-26-43-82(81,86)14/h15-24,28-31,33-40,44-51H,25-27,32,41-43H2,1-14H3. The zero-order valence-corrected chi connectivity index (χ0v) is 53.7. The molecule has 86 heavy (non-hydrogen) atoms. The summed E-state index contributed by atoms with van der Waals surface area (Å²) in [6.07, 6.45) is 8.17. The van der Waals surface area contributed by atoms with Crippen LogP contribution in [0.25, 0.3) is 22.3 Å². The van der Waals surface area contributed by atoms with E-state index in [2.05, 4.69) is 294 Å². The highest BCUT2D eigenvalue weighted by Gasteiger charge is 2.58. The molecule has 432 valence electrons. The molecule has 1 saturated carbocycles. The third-order valence-electron chi connectivity index (χ3n) is 22.7. The fraction of sp³-hybridized carbons (Fsp3) is 0.341. The van der Waals surface area contributed by atoms with Gasteiger partial charge in [-0.2, -0.15) is 0 Å². The third kappa shape index (κ3) is 7.85. The van der Waals surface area contributed by atoms with Crippen LogP contribution in [-0.4, -0.2) is 12.3 Å². The van der Waals surface area contributed by atoms with Crippen molar-refractivity contribution >= 4 is 68.6 Å². The molecule has 4 heteroatoms. The smallest absolute Gasteiger partial charge is 0.252 e. The number of rotatable bonds is 5. The Bertz CT molecular complexity index is 4260. The molecule has 0 aromatic heterocycles. The molecule has 0 radical (unpaired) electrons. The summed E-state index contributed by atoms with van der Waals surface area (Å²) in [5.74, 6) is 0. The van der Waals surface area contributed by atoms with E-state index < -0.39 is 0 Å². The van der Waals surface area contributed by atoms with Gasteiger partial charge in [0.25, 0.3) is 6.71 Å². The fourth-order valence-corrected chi connectivity index (χ4v) is 17.6. The topological polar surface area (TPSA) is 9.72 Å². The lowest BCUT2D eigenvalue weighted by Gasteiger charge is -2.51. The van der Waals surface area contributed by atoms with Crippen LogP contribution in [0.15, 0.2) is 182 Å². The molecule has 0 bridgehead atoms. The lowest BCUT2D eigenvalue weighted by Crippen LogP contribution is -2.62. The van der Waals surface area contributed by atoms with Gasteiger partial charge in [0.1, 0.15) is 0 Å². The predicted molar refractivity (Wildman–Crippen MR) is 368 cm³/mol. The summed E-state index contributed by atoms with van der Waals surface area (Å²) in [5.41, 5.74) is 31.2. The Labute approximate surface area is 514 Å². The van der Waals surface area contributed by atoms with Gasteiger partial charge in [0, 0.05) is 61.5 Å². The molecule has 0 spiro atoms. The van der Waals surface area contributed by atoms with Gasteiger partial charge in [0.05, 0.1) is 16.9 Å². The van der Waals surface area contributed by atoms with E-state index in [-0.39, 0.29) is 44.7 Å². The number of aryl methyl sites for hydroxylation is 1. The van der Waals surface area contributed by atoms with Gasteiger partial charge in [-0.25, -0.2) is 0 Å². The first-order chi connectivity index (χ1) is 40.9. The first-order valence-corrected chi connectivity index (χ1v) is 32.5. The molecule has 0 N–H and O–H groups in total. The number of anilines is 8. The molecule has 1 fully saturated rings. The normalized spacial score (nSPS) is 20.9. The second kappa shape index (κ2) is 18.7. The zero-order valence-electron chi connectivity index (χ0n) is 53.7. The van der Waals surface area contributed by atoms with E-state index in [1.54, 1.807) is 0 Å². The monoisotopic (exact) mass is 1120 g/mol. The van der Waals surface area contributed by atoms with Crippen LogP contribution in [-0.2, 0) is 38.9 Å². The van der Waals surface area contributed by atoms with Crippen molar-refractivity contribution in [2.45, 2.75) is 180 Å². The average Bonchev–Trinajstić information content (AvgIpc) is 0.980. The lowest BCUT2D eigenvalue weighted by molar-refractivity contribution is 0.195. The van der Waals surface area contributed by atoms with Crippen LogP contribution < -0.4 is 31.1 Å². The second-order valence-corrected chi connectivity index (χ2v) is 30.9. The highest BCUT2D eigenvalue weighted by atomic mass is 15.3. The van der Waals surface area contributed by atoms with Crippen LogP contribution in [0.5, 0.6) is 0 Å². The molecular formula is C82H86BN3. The van der Waals surface area contributed by atoms with Crippen molar-refractivity contribution in [2.75, 3.05) is 14.7 Å². The molecule has 9 aromatic carbocycles. The number of nitrogens with zero attached hydrogens (tertiary/aromatic N) is 3. The number of hydrogen-bond donors (Lipinski definition) is 0. The highest BCUT2D eigenvalue weighted by molar-refractivity contribution is 7.00. The first kappa shape index (κ1) is 55.1. The van der Waals surface area contributed by atoms with Gasteiger partial charge in [-0.3, -0.25) is 0 Å². The second-order valence-electron chi connectivity index (χ2n) is 30.9. The minimum absolute atomic E-state index is 0.00954. The summed E-state index contributed by atoms with van der Waals surface area (Å²) in [5, 5.41) is 0. The Balaban J connectivity index is 1.14. The molecule has 3 heterocycles. The summed E-state index contributed by atoms with van der Waals surface area (Å²) in [7, 11) is 0. The maximum absolute atomic E-state index is 2.85. The molecule has 6 aliphatic rings. The van der Waals surface area contributed by atoms with Crippen molar-refractivity contribution in [2.24, 2.45) is 0 Å². The van der Waals surface area contributed by atoms with E-state index in [0.29, 0.717) is 0 Å². The lowest BCUT2D eigenvalue weighted by atomic mass is 9.32. The van der Waals surface area contributed by atoms with Crippen molar-refractivity contribution in [1.29, 1.82) is 0 Å². The fourth-order valence-electron chi connectivity index (χ4n) is 17.6. The van der Waals surface area contributed by atoms with Crippen LogP contribution in [0.3, 0.4) is 0 Å². The Morgan fingerprint density at radius 1 is 0.384 bits per heavy atom. The Morgan fingerprint density at radius 3 is 1.41 bits per heavy atom. The summed E-state index contributed by atoms with van der Waals surface area (Å²) in [6.45, 7) is 34.3. The van der Waals surface area contributed by atoms with Crippen molar-refractivity contribution in [3.8, 4) is 22.3 Å². The Morgan fingerprint density at radius 2 is 0.860 bits per heavy atom. The van der Waals surface area contributed by atoms with Crippen LogP contribution in [0.2, 0.25) is 0 Å². The van der Waals surface area contributed by atoms with Crippen LogP contribution >= 0.6 is 0 Å². The van der Waals surface area contributed by atoms with E-state index in [9.17, 15) is 0 Å². The molecule has 9 aromatic rings.